The number of aromatic nitrogens is 2. The molecule has 0 bridgehead atoms. The predicted octanol–water partition coefficient (Wildman–Crippen LogP) is 6.06. The maximum absolute atomic E-state index is 13.8. The molecular weight excluding hydrogens is 719 g/mol. The third-order valence-electron chi connectivity index (χ3n) is 9.91. The summed E-state index contributed by atoms with van der Waals surface area (Å²) in [7, 11) is -5.92. The van der Waals surface area contributed by atoms with Crippen molar-refractivity contribution >= 4 is 36.9 Å². The Morgan fingerprint density at radius 3 is 2.25 bits per heavy atom. The molecule has 12 nitrogen and oxygen atoms in total. The first-order chi connectivity index (χ1) is 24.9. The summed E-state index contributed by atoms with van der Waals surface area (Å²) in [5, 5.41) is 0.400. The summed E-state index contributed by atoms with van der Waals surface area (Å²) in [6, 6.07) is 13.3. The normalized spacial score (nSPS) is 18.6. The molecule has 1 amide bonds. The third kappa shape index (κ3) is 8.65. The number of amides is 1. The van der Waals surface area contributed by atoms with Gasteiger partial charge in [-0.15, -0.1) is 0 Å². The molecule has 1 saturated carbocycles. The van der Waals surface area contributed by atoms with Crippen molar-refractivity contribution in [2.45, 2.75) is 88.8 Å². The van der Waals surface area contributed by atoms with Crippen LogP contribution in [0.2, 0.25) is 0 Å². The molecule has 4 aromatic rings. The first-order valence-corrected chi connectivity index (χ1v) is 21.3. The number of sulfone groups is 1. The Balaban J connectivity index is 1.21. The standard InChI is InChI=1S/C39H49N3O9S2/c1-7-52(45,46)25-28-10-13-35(50-30-21-29(22-30)49-24-27-14-17-41(18-15-27)38(44)51-39(3,4)5)33(20-28)34-23-40(6)37(43)36-32(34)16-19-42(36)53(47,48)31-11-8-26(2)9-12-31/h8-13,16,19-20,23,27,29-30H,7,14-15,17-18,21-22,24-25H2,1-6H3. The number of hydrogen-bond acceptors (Lipinski definition) is 9. The molecular formula is C39H49N3O9S2. The van der Waals surface area contributed by atoms with Gasteiger partial charge in [-0.3, -0.25) is 4.79 Å². The van der Waals surface area contributed by atoms with E-state index in [1.807, 2.05) is 27.7 Å². The van der Waals surface area contributed by atoms with E-state index in [1.165, 1.54) is 22.9 Å². The molecule has 14 heteroatoms. The minimum Gasteiger partial charge on any atom is -0.490 e. The van der Waals surface area contributed by atoms with Crippen LogP contribution in [0.3, 0.4) is 0 Å². The Hall–Kier alpha value is -4.14. The highest BCUT2D eigenvalue weighted by Gasteiger charge is 2.34. The number of piperidine rings is 1. The summed E-state index contributed by atoms with van der Waals surface area (Å²) in [6.45, 7) is 10.9. The lowest BCUT2D eigenvalue weighted by molar-refractivity contribution is -0.0761. The average molecular weight is 768 g/mol. The van der Waals surface area contributed by atoms with Gasteiger partial charge in [0.05, 0.1) is 16.8 Å². The molecule has 0 N–H and O–H groups in total. The molecule has 1 saturated heterocycles. The maximum atomic E-state index is 13.8. The van der Waals surface area contributed by atoms with Crippen LogP contribution in [-0.2, 0) is 42.1 Å². The van der Waals surface area contributed by atoms with E-state index >= 15 is 0 Å². The van der Waals surface area contributed by atoms with Gasteiger partial charge in [-0.25, -0.2) is 25.6 Å². The zero-order valence-electron chi connectivity index (χ0n) is 31.2. The van der Waals surface area contributed by atoms with Crippen LogP contribution in [0.4, 0.5) is 4.79 Å². The average Bonchev–Trinajstić information content (AvgIpc) is 3.54. The van der Waals surface area contributed by atoms with Gasteiger partial charge in [0.2, 0.25) is 0 Å². The van der Waals surface area contributed by atoms with Gasteiger partial charge >= 0.3 is 6.09 Å². The van der Waals surface area contributed by atoms with Crippen LogP contribution in [0.1, 0.15) is 64.5 Å². The Kier molecular flexibility index (Phi) is 10.9. The van der Waals surface area contributed by atoms with E-state index < -0.39 is 31.0 Å². The molecule has 2 aromatic heterocycles. The summed E-state index contributed by atoms with van der Waals surface area (Å²) in [6.07, 6.45) is 5.61. The van der Waals surface area contributed by atoms with E-state index in [-0.39, 0.29) is 40.2 Å². The van der Waals surface area contributed by atoms with Crippen LogP contribution >= 0.6 is 0 Å². The summed E-state index contributed by atoms with van der Waals surface area (Å²) in [5.74, 6) is 0.650. The highest BCUT2D eigenvalue weighted by Crippen LogP contribution is 2.39. The molecule has 6 rings (SSSR count). The molecule has 1 aliphatic heterocycles. The molecule has 53 heavy (non-hydrogen) atoms. The van der Waals surface area contributed by atoms with Gasteiger partial charge in [-0.1, -0.05) is 30.7 Å². The summed E-state index contributed by atoms with van der Waals surface area (Å²) < 4.78 is 73.5. The van der Waals surface area contributed by atoms with Crippen LogP contribution in [0.15, 0.2) is 70.6 Å². The zero-order valence-corrected chi connectivity index (χ0v) is 32.8. The Morgan fingerprint density at radius 1 is 0.925 bits per heavy atom. The fraction of sp³-hybridized carbons (Fsp3) is 0.487. The van der Waals surface area contributed by atoms with E-state index in [0.717, 1.165) is 22.4 Å². The van der Waals surface area contributed by atoms with Crippen molar-refractivity contribution in [3.63, 3.8) is 0 Å². The van der Waals surface area contributed by atoms with Crippen LogP contribution in [0, 0.1) is 12.8 Å². The lowest BCUT2D eigenvalue weighted by Gasteiger charge is -2.38. The molecule has 0 spiro atoms. The number of aryl methyl sites for hydroxylation is 2. The van der Waals surface area contributed by atoms with E-state index in [9.17, 15) is 26.4 Å². The zero-order chi connectivity index (χ0) is 38.3. The molecule has 2 fully saturated rings. The Morgan fingerprint density at radius 2 is 1.60 bits per heavy atom. The number of likely N-dealkylation sites (tertiary alicyclic amines) is 1. The van der Waals surface area contributed by atoms with Crippen molar-refractivity contribution in [3.8, 4) is 16.9 Å². The molecule has 3 heterocycles. The highest BCUT2D eigenvalue weighted by molar-refractivity contribution is 7.90. The summed E-state index contributed by atoms with van der Waals surface area (Å²) in [5.41, 5.74) is 1.51. The van der Waals surface area contributed by atoms with Crippen LogP contribution in [0.5, 0.6) is 5.75 Å². The largest absolute Gasteiger partial charge is 0.490 e. The fourth-order valence-corrected chi connectivity index (χ4v) is 8.95. The van der Waals surface area contributed by atoms with E-state index in [2.05, 4.69) is 0 Å². The van der Waals surface area contributed by atoms with Crippen molar-refractivity contribution in [1.82, 2.24) is 13.4 Å². The van der Waals surface area contributed by atoms with Crippen molar-refractivity contribution in [1.29, 1.82) is 0 Å². The number of ether oxygens (including phenoxy) is 3. The maximum Gasteiger partial charge on any atom is 0.410 e. The lowest BCUT2D eigenvalue weighted by atomic mass is 9.91. The number of hydrogen-bond donors (Lipinski definition) is 0. The number of nitrogens with zero attached hydrogens (tertiary/aromatic N) is 3. The van der Waals surface area contributed by atoms with Gasteiger partial charge in [0.1, 0.15) is 23.0 Å². The number of rotatable bonds is 11. The smallest absolute Gasteiger partial charge is 0.410 e. The van der Waals surface area contributed by atoms with Crippen molar-refractivity contribution in [2.75, 3.05) is 25.4 Å². The first-order valence-electron chi connectivity index (χ1n) is 18.1. The highest BCUT2D eigenvalue weighted by atomic mass is 32.2. The molecule has 0 radical (unpaired) electrons. The first kappa shape index (κ1) is 38.6. The Labute approximate surface area is 311 Å². The van der Waals surface area contributed by atoms with E-state index in [0.29, 0.717) is 66.3 Å². The number of pyridine rings is 1. The second-order valence-corrected chi connectivity index (χ2v) is 19.4. The predicted molar refractivity (Wildman–Crippen MR) is 203 cm³/mol. The van der Waals surface area contributed by atoms with E-state index in [4.69, 9.17) is 14.2 Å². The second-order valence-electron chi connectivity index (χ2n) is 15.2. The summed E-state index contributed by atoms with van der Waals surface area (Å²) >= 11 is 0. The molecule has 286 valence electrons. The monoisotopic (exact) mass is 767 g/mol. The number of carbonyl (C=O) groups is 1. The van der Waals surface area contributed by atoms with Crippen LogP contribution < -0.4 is 10.3 Å². The fourth-order valence-electron chi connectivity index (χ4n) is 6.72. The molecule has 2 aliphatic rings. The topological polar surface area (TPSA) is 143 Å². The number of carbonyl (C=O) groups excluding carboxylic acids is 1. The van der Waals surface area contributed by atoms with Gasteiger partial charge in [-0.05, 0) is 82.3 Å². The van der Waals surface area contributed by atoms with Gasteiger partial charge in [0.15, 0.2) is 9.84 Å². The van der Waals surface area contributed by atoms with Gasteiger partial charge < -0.3 is 23.7 Å². The van der Waals surface area contributed by atoms with Crippen molar-refractivity contribution < 1.29 is 35.8 Å². The minimum atomic E-state index is -4.11. The third-order valence-corrected chi connectivity index (χ3v) is 13.2. The van der Waals surface area contributed by atoms with Gasteiger partial charge in [0, 0.05) is 74.2 Å². The van der Waals surface area contributed by atoms with Gasteiger partial charge in [-0.2, -0.15) is 0 Å². The minimum absolute atomic E-state index is 0.0165. The van der Waals surface area contributed by atoms with Crippen LogP contribution in [-0.4, -0.2) is 79.6 Å². The summed E-state index contributed by atoms with van der Waals surface area (Å²) in [4.78, 5) is 27.8. The SMILES string of the molecule is CCS(=O)(=O)Cc1ccc(OC2CC(OCC3CCN(C(=O)OC(C)(C)C)CC3)C2)c(-c2cn(C)c(=O)c3c2ccn3S(=O)(=O)c2ccc(C)cc2)c1. The number of benzene rings is 2. The lowest BCUT2D eigenvalue weighted by Crippen LogP contribution is -2.44. The van der Waals surface area contributed by atoms with Gasteiger partial charge in [0.25, 0.3) is 15.6 Å². The molecule has 0 atom stereocenters. The molecule has 0 unspecified atom stereocenters. The molecule has 2 aromatic carbocycles. The van der Waals surface area contributed by atoms with Crippen molar-refractivity contribution in [2.24, 2.45) is 13.0 Å². The second kappa shape index (κ2) is 14.9. The van der Waals surface area contributed by atoms with E-state index in [1.54, 1.807) is 61.5 Å². The number of fused-ring (bicyclic) bond motifs is 1. The van der Waals surface area contributed by atoms with Crippen LogP contribution in [0.25, 0.3) is 22.0 Å². The Bertz CT molecular complexity index is 2260. The molecule has 1 aliphatic carbocycles. The van der Waals surface area contributed by atoms with Crippen molar-refractivity contribution in [3.05, 3.63) is 82.4 Å². The quantitative estimate of drug-likeness (QED) is 0.178.